The van der Waals surface area contributed by atoms with E-state index in [9.17, 15) is 0 Å². The van der Waals surface area contributed by atoms with E-state index >= 15 is 0 Å². The summed E-state index contributed by atoms with van der Waals surface area (Å²) in [5, 5.41) is 1.25. The second kappa shape index (κ2) is 3.30. The Labute approximate surface area is 102 Å². The average molecular weight is 227 g/mol. The maximum absolute atomic E-state index is 4.58. The predicted octanol–water partition coefficient (Wildman–Crippen LogP) is 2.06. The Balaban J connectivity index is 2.40. The number of quaternary nitrogens is 1. The Morgan fingerprint density at radius 2 is 2.00 bits per heavy atom. The highest BCUT2D eigenvalue weighted by Crippen LogP contribution is 2.38. The Hall–Kier alpha value is -1.41. The minimum absolute atomic E-state index is 0.227. The second-order valence-electron chi connectivity index (χ2n) is 5.69. The van der Waals surface area contributed by atoms with Gasteiger partial charge in [0.15, 0.2) is 5.69 Å². The van der Waals surface area contributed by atoms with Crippen LogP contribution in [0, 0.1) is 0 Å². The smallest absolute Gasteiger partial charge is 0.161 e. The summed E-state index contributed by atoms with van der Waals surface area (Å²) in [7, 11) is 2.26. The molecule has 0 amide bonds. The van der Waals surface area contributed by atoms with Crippen LogP contribution in [0.15, 0.2) is 30.5 Å². The number of hydrogen-bond donors (Lipinski definition) is 1. The fourth-order valence-corrected chi connectivity index (χ4v) is 3.07. The Morgan fingerprint density at radius 1 is 1.24 bits per heavy atom. The Kier molecular flexibility index (Phi) is 2.08. The molecule has 1 aromatic carbocycles. The minimum Gasteiger partial charge on any atom is -0.300 e. The molecule has 17 heavy (non-hydrogen) atoms. The molecule has 2 heterocycles. The molecule has 1 aliphatic heterocycles. The van der Waals surface area contributed by atoms with Gasteiger partial charge in [0, 0.05) is 22.6 Å². The third kappa shape index (κ3) is 1.27. The van der Waals surface area contributed by atoms with E-state index in [2.05, 4.69) is 51.0 Å². The molecule has 2 nitrogen and oxygen atoms in total. The second-order valence-corrected chi connectivity index (χ2v) is 5.69. The van der Waals surface area contributed by atoms with Crippen LogP contribution in [0.3, 0.4) is 0 Å². The number of pyridine rings is 1. The van der Waals surface area contributed by atoms with E-state index in [0.29, 0.717) is 6.04 Å². The standard InChI is InChI=1S/C15H18N2/c1-10-15(2,3)12-8-7-11-6-5-9-16-13(11)14(12)17(10)4/h5-10H,1-4H3/p+1. The van der Waals surface area contributed by atoms with Gasteiger partial charge < -0.3 is 0 Å². The summed E-state index contributed by atoms with van der Waals surface area (Å²) in [4.78, 5) is 6.06. The SMILES string of the molecule is CC1[NH+](C)c2c(ccc3cccnc23)C1(C)C. The summed E-state index contributed by atoms with van der Waals surface area (Å²) in [5.41, 5.74) is 4.24. The van der Waals surface area contributed by atoms with Crippen molar-refractivity contribution in [2.45, 2.75) is 32.2 Å². The minimum atomic E-state index is 0.227. The van der Waals surface area contributed by atoms with Crippen LogP contribution >= 0.6 is 0 Å². The summed E-state index contributed by atoms with van der Waals surface area (Å²) in [6, 6.07) is 9.23. The van der Waals surface area contributed by atoms with Gasteiger partial charge in [0.1, 0.15) is 5.52 Å². The van der Waals surface area contributed by atoms with E-state index in [0.717, 1.165) is 0 Å². The van der Waals surface area contributed by atoms with Gasteiger partial charge in [0.05, 0.1) is 13.1 Å². The summed E-state index contributed by atoms with van der Waals surface area (Å²) >= 11 is 0. The van der Waals surface area contributed by atoms with Crippen molar-refractivity contribution < 1.29 is 4.90 Å². The Morgan fingerprint density at radius 3 is 2.76 bits per heavy atom. The largest absolute Gasteiger partial charge is 0.300 e. The molecule has 1 N–H and O–H groups in total. The lowest BCUT2D eigenvalue weighted by molar-refractivity contribution is -0.833. The van der Waals surface area contributed by atoms with Gasteiger partial charge in [-0.3, -0.25) is 4.90 Å². The first kappa shape index (κ1) is 10.7. The molecule has 2 atom stereocenters. The molecule has 3 rings (SSSR count). The van der Waals surface area contributed by atoms with E-state index in [-0.39, 0.29) is 5.41 Å². The fraction of sp³-hybridized carbons (Fsp3) is 0.400. The number of fused-ring (bicyclic) bond motifs is 3. The third-order valence-electron chi connectivity index (χ3n) is 4.60. The first-order valence-corrected chi connectivity index (χ1v) is 6.25. The van der Waals surface area contributed by atoms with Gasteiger partial charge in [-0.05, 0) is 26.8 Å². The number of benzene rings is 1. The van der Waals surface area contributed by atoms with E-state index < -0.39 is 0 Å². The number of aromatic nitrogens is 1. The summed E-state index contributed by atoms with van der Waals surface area (Å²) in [5.74, 6) is 0. The molecule has 2 unspecified atom stereocenters. The quantitative estimate of drug-likeness (QED) is 0.729. The van der Waals surface area contributed by atoms with Crippen molar-refractivity contribution in [3.05, 3.63) is 36.0 Å². The van der Waals surface area contributed by atoms with Crippen LogP contribution in [0.25, 0.3) is 10.9 Å². The molecule has 1 aliphatic rings. The van der Waals surface area contributed by atoms with Gasteiger partial charge in [-0.15, -0.1) is 0 Å². The molecule has 0 saturated carbocycles. The van der Waals surface area contributed by atoms with Gasteiger partial charge in [-0.25, -0.2) is 4.98 Å². The van der Waals surface area contributed by atoms with Gasteiger partial charge in [-0.2, -0.15) is 0 Å². The predicted molar refractivity (Wildman–Crippen MR) is 70.8 cm³/mol. The first-order valence-electron chi connectivity index (χ1n) is 6.25. The fourth-order valence-electron chi connectivity index (χ4n) is 3.07. The maximum Gasteiger partial charge on any atom is 0.161 e. The molecule has 0 radical (unpaired) electrons. The summed E-state index contributed by atoms with van der Waals surface area (Å²) < 4.78 is 0. The molecule has 0 aliphatic carbocycles. The van der Waals surface area contributed by atoms with Gasteiger partial charge in [-0.1, -0.05) is 18.2 Å². The monoisotopic (exact) mass is 227 g/mol. The molecular formula is C15H19N2+. The van der Waals surface area contributed by atoms with E-state index in [1.54, 1.807) is 0 Å². The first-order chi connectivity index (χ1) is 8.03. The Bertz CT molecular complexity index is 586. The van der Waals surface area contributed by atoms with Crippen LogP contribution in [-0.2, 0) is 5.41 Å². The number of nitrogens with one attached hydrogen (secondary N) is 1. The van der Waals surface area contributed by atoms with Gasteiger partial charge in [0.2, 0.25) is 0 Å². The lowest BCUT2D eigenvalue weighted by Crippen LogP contribution is -3.07. The molecule has 1 aromatic heterocycles. The van der Waals surface area contributed by atoms with Gasteiger partial charge >= 0.3 is 0 Å². The zero-order chi connectivity index (χ0) is 12.2. The number of nitrogens with zero attached hydrogens (tertiary/aromatic N) is 1. The molecular weight excluding hydrogens is 208 g/mol. The summed E-state index contributed by atoms with van der Waals surface area (Å²) in [6.07, 6.45) is 1.89. The van der Waals surface area contributed by atoms with E-state index in [1.165, 1.54) is 27.1 Å². The molecule has 2 heteroatoms. The van der Waals surface area contributed by atoms with Crippen molar-refractivity contribution in [3.63, 3.8) is 0 Å². The third-order valence-corrected chi connectivity index (χ3v) is 4.60. The highest BCUT2D eigenvalue weighted by atomic mass is 15.2. The molecule has 2 aromatic rings. The lowest BCUT2D eigenvalue weighted by atomic mass is 9.81. The lowest BCUT2D eigenvalue weighted by Gasteiger charge is -2.23. The molecule has 0 bridgehead atoms. The zero-order valence-electron chi connectivity index (χ0n) is 10.9. The van der Waals surface area contributed by atoms with Crippen LogP contribution in [-0.4, -0.2) is 18.1 Å². The van der Waals surface area contributed by atoms with Crippen molar-refractivity contribution in [2.24, 2.45) is 0 Å². The highest BCUT2D eigenvalue weighted by Gasteiger charge is 2.45. The van der Waals surface area contributed by atoms with Crippen LogP contribution in [0.5, 0.6) is 0 Å². The van der Waals surface area contributed by atoms with E-state index in [1.807, 2.05) is 12.3 Å². The summed E-state index contributed by atoms with van der Waals surface area (Å²) in [6.45, 7) is 6.99. The number of likely N-dealkylation sites (N-methyl/N-ethyl adjacent to an activating group) is 1. The van der Waals surface area contributed by atoms with Crippen molar-refractivity contribution in [2.75, 3.05) is 7.05 Å². The molecule has 88 valence electrons. The van der Waals surface area contributed by atoms with Crippen molar-refractivity contribution >= 4 is 16.6 Å². The maximum atomic E-state index is 4.58. The van der Waals surface area contributed by atoms with E-state index in [4.69, 9.17) is 0 Å². The van der Waals surface area contributed by atoms with Crippen LogP contribution in [0.1, 0.15) is 26.3 Å². The topological polar surface area (TPSA) is 17.3 Å². The molecule has 0 spiro atoms. The molecule has 0 saturated heterocycles. The van der Waals surface area contributed by atoms with Crippen LogP contribution < -0.4 is 4.90 Å². The van der Waals surface area contributed by atoms with Crippen molar-refractivity contribution in [1.29, 1.82) is 0 Å². The highest BCUT2D eigenvalue weighted by molar-refractivity contribution is 5.89. The van der Waals surface area contributed by atoms with Gasteiger partial charge in [0.25, 0.3) is 0 Å². The molecule has 0 fully saturated rings. The van der Waals surface area contributed by atoms with Crippen LogP contribution in [0.4, 0.5) is 5.69 Å². The van der Waals surface area contributed by atoms with Crippen LogP contribution in [0.2, 0.25) is 0 Å². The van der Waals surface area contributed by atoms with Crippen molar-refractivity contribution in [1.82, 2.24) is 4.98 Å². The normalized spacial score (nSPS) is 26.1. The van der Waals surface area contributed by atoms with Crippen molar-refractivity contribution in [3.8, 4) is 0 Å². The number of hydrogen-bond acceptors (Lipinski definition) is 1. The average Bonchev–Trinajstić information content (AvgIpc) is 2.51. The number of rotatable bonds is 0. The zero-order valence-corrected chi connectivity index (χ0v) is 10.9.